The average Bonchev–Trinajstić information content (AvgIpc) is 3.91. The van der Waals surface area contributed by atoms with Crippen molar-refractivity contribution in [1.82, 2.24) is 25.9 Å². The molecule has 0 fully saturated rings. The number of imidazole rings is 1. The number of nitrogens with two attached hydrogens (primary N) is 1. The van der Waals surface area contributed by atoms with Gasteiger partial charge in [0.2, 0.25) is 17.7 Å². The largest absolute Gasteiger partial charge is 0.481 e. The first kappa shape index (κ1) is 73.0. The number of rotatable bonds is 54. The number of carboxylic acids is 2. The number of nitrogens with zero attached hydrogens (tertiary/aromatic N) is 1. The molecule has 448 valence electrons. The van der Waals surface area contributed by atoms with Gasteiger partial charge in [-0.15, -0.1) is 0 Å². The molecule has 0 aliphatic carbocycles. The van der Waals surface area contributed by atoms with Crippen LogP contribution >= 0.6 is 0 Å². The summed E-state index contributed by atoms with van der Waals surface area (Å²) in [4.78, 5) is 112. The van der Waals surface area contributed by atoms with E-state index < -0.39 is 24.0 Å². The summed E-state index contributed by atoms with van der Waals surface area (Å²) < 4.78 is 21.4. The molecule has 1 rings (SSSR count). The van der Waals surface area contributed by atoms with Crippen molar-refractivity contribution in [3.05, 3.63) is 18.2 Å². The number of nitrogens with one attached hydrogen (secondary N) is 4. The third-order valence-corrected chi connectivity index (χ3v) is 12.7. The van der Waals surface area contributed by atoms with Crippen LogP contribution in [-0.2, 0) is 68.5 Å². The molecule has 0 aromatic carbocycles. The molecule has 1 heterocycles. The van der Waals surface area contributed by atoms with Crippen LogP contribution in [0.4, 0.5) is 0 Å². The third kappa shape index (κ3) is 48.2. The van der Waals surface area contributed by atoms with Crippen LogP contribution < -0.4 is 21.7 Å². The standard InChI is InChI=1S/C36H61N5O10.C21H39NO5/c1-3-8-31(43)11-7-17-48-19-21-50-26-36(47)40-16-18-49-20-22-51-25-35(46)39-15-5-4-10-29(33(44)12-6-9-28(2)42)13-14-34(45)32(37)23-30-24-38-27-41-30;1-18(21(26)27)22-19(23)16-14-12-10-8-6-4-2-3-5-7-9-11-13-15-17-20(24)25/h24,27,29,32H,3-23,25-26,37H2,1-2H3,(H,38,41)(H,39,46)(H,40,47);18H,2-17H2,1H3,(H,22,23)(H,24,25)(H,26,27)/t29-,32+;18-/m10/s1. The van der Waals surface area contributed by atoms with E-state index in [0.717, 1.165) is 50.6 Å². The second-order valence-corrected chi connectivity index (χ2v) is 20.0. The van der Waals surface area contributed by atoms with E-state index in [9.17, 15) is 43.2 Å². The Morgan fingerprint density at radius 3 is 1.65 bits per heavy atom. The number of hydrogen-bond acceptors (Lipinski definition) is 15. The lowest BCUT2D eigenvalue weighted by molar-refractivity contribution is -0.141. The number of carbonyl (C=O) groups excluding carboxylic acids is 7. The number of ether oxygens (including phenoxy) is 4. The van der Waals surface area contributed by atoms with E-state index in [1.807, 2.05) is 6.92 Å². The number of unbranched alkanes of at least 4 members (excludes halogenated alkanes) is 14. The van der Waals surface area contributed by atoms with Gasteiger partial charge in [0.15, 0.2) is 0 Å². The zero-order valence-electron chi connectivity index (χ0n) is 47.7. The molecule has 21 heteroatoms. The van der Waals surface area contributed by atoms with Gasteiger partial charge < -0.3 is 60.6 Å². The normalized spacial score (nSPS) is 12.2. The molecule has 0 aliphatic heterocycles. The summed E-state index contributed by atoms with van der Waals surface area (Å²) in [6, 6.07) is -1.49. The van der Waals surface area contributed by atoms with E-state index in [-0.39, 0.29) is 92.8 Å². The predicted octanol–water partition coefficient (Wildman–Crippen LogP) is 7.09. The van der Waals surface area contributed by atoms with Crippen LogP contribution in [0.5, 0.6) is 0 Å². The third-order valence-electron chi connectivity index (χ3n) is 12.7. The summed E-state index contributed by atoms with van der Waals surface area (Å²) in [6.07, 6.45) is 26.6. The minimum Gasteiger partial charge on any atom is -0.481 e. The first-order valence-electron chi connectivity index (χ1n) is 28.9. The van der Waals surface area contributed by atoms with Crippen molar-refractivity contribution in [3.8, 4) is 0 Å². The quantitative estimate of drug-likeness (QED) is 0.0320. The summed E-state index contributed by atoms with van der Waals surface area (Å²) >= 11 is 0. The Hall–Kier alpha value is -4.96. The fourth-order valence-corrected chi connectivity index (χ4v) is 8.14. The first-order valence-corrected chi connectivity index (χ1v) is 28.9. The topological polar surface area (TPSA) is 322 Å². The second kappa shape index (κ2) is 51.5. The number of hydrogen-bond donors (Lipinski definition) is 7. The molecule has 3 atom stereocenters. The summed E-state index contributed by atoms with van der Waals surface area (Å²) in [5.74, 6) is -2.47. The molecular formula is C57H100N6O15. The zero-order valence-corrected chi connectivity index (χ0v) is 47.7. The van der Waals surface area contributed by atoms with Gasteiger partial charge in [-0.05, 0) is 65.2 Å². The Balaban J connectivity index is 0.00000185. The molecule has 21 nitrogen and oxygen atoms in total. The molecule has 8 N–H and O–H groups in total. The fourth-order valence-electron chi connectivity index (χ4n) is 8.14. The van der Waals surface area contributed by atoms with E-state index in [0.29, 0.717) is 110 Å². The van der Waals surface area contributed by atoms with Crippen LogP contribution in [-0.4, -0.2) is 151 Å². The number of Topliss-reactive ketones (excluding diaryl/α,β-unsaturated/α-hetero) is 4. The van der Waals surface area contributed by atoms with Gasteiger partial charge in [0, 0.05) is 88.9 Å². The van der Waals surface area contributed by atoms with E-state index in [2.05, 4.69) is 25.9 Å². The van der Waals surface area contributed by atoms with Gasteiger partial charge in [-0.1, -0.05) is 90.4 Å². The van der Waals surface area contributed by atoms with E-state index in [4.69, 9.17) is 34.9 Å². The molecule has 0 bridgehead atoms. The van der Waals surface area contributed by atoms with E-state index >= 15 is 0 Å². The van der Waals surface area contributed by atoms with E-state index in [1.54, 1.807) is 6.20 Å². The molecular weight excluding hydrogens is 1010 g/mol. The number of carboxylic acid groups (broad SMARTS) is 2. The van der Waals surface area contributed by atoms with Gasteiger partial charge in [-0.3, -0.25) is 38.4 Å². The van der Waals surface area contributed by atoms with Crippen molar-refractivity contribution in [2.24, 2.45) is 11.7 Å². The first-order chi connectivity index (χ1) is 37.5. The highest BCUT2D eigenvalue weighted by Crippen LogP contribution is 2.20. The maximum Gasteiger partial charge on any atom is 0.325 e. The molecule has 0 spiro atoms. The summed E-state index contributed by atoms with van der Waals surface area (Å²) in [7, 11) is 0. The van der Waals surface area contributed by atoms with Crippen LogP contribution in [0.25, 0.3) is 0 Å². The Labute approximate surface area is 464 Å². The average molecular weight is 1110 g/mol. The lowest BCUT2D eigenvalue weighted by Gasteiger charge is -2.17. The molecule has 0 aliphatic rings. The highest BCUT2D eigenvalue weighted by Gasteiger charge is 2.22. The van der Waals surface area contributed by atoms with Crippen LogP contribution in [0.3, 0.4) is 0 Å². The monoisotopic (exact) mass is 1110 g/mol. The highest BCUT2D eigenvalue weighted by atomic mass is 16.5. The molecule has 1 aromatic heterocycles. The summed E-state index contributed by atoms with van der Waals surface area (Å²) in [5.41, 5.74) is 6.84. The number of amides is 3. The lowest BCUT2D eigenvalue weighted by atomic mass is 9.88. The van der Waals surface area contributed by atoms with Crippen LogP contribution in [0, 0.1) is 5.92 Å². The number of carbonyl (C=O) groups is 9. The van der Waals surface area contributed by atoms with Crippen LogP contribution in [0.15, 0.2) is 12.5 Å². The van der Waals surface area contributed by atoms with Crippen molar-refractivity contribution in [2.75, 3.05) is 65.9 Å². The summed E-state index contributed by atoms with van der Waals surface area (Å²) in [6.45, 7) is 7.40. The minimum absolute atomic E-state index is 0.0401. The number of aromatic amines is 1. The minimum atomic E-state index is -1.00. The molecule has 0 unspecified atom stereocenters. The Morgan fingerprint density at radius 1 is 0.564 bits per heavy atom. The van der Waals surface area contributed by atoms with E-state index in [1.165, 1.54) is 71.5 Å². The maximum absolute atomic E-state index is 12.9. The van der Waals surface area contributed by atoms with Crippen LogP contribution in [0.2, 0.25) is 0 Å². The number of ketones is 4. The summed E-state index contributed by atoms with van der Waals surface area (Å²) in [5, 5.41) is 25.2. The maximum atomic E-state index is 12.9. The number of aliphatic carboxylic acids is 2. The molecule has 0 saturated heterocycles. The van der Waals surface area contributed by atoms with Crippen molar-refractivity contribution >= 4 is 52.8 Å². The highest BCUT2D eigenvalue weighted by molar-refractivity contribution is 5.86. The van der Waals surface area contributed by atoms with Crippen LogP contribution in [0.1, 0.15) is 206 Å². The molecule has 0 saturated carbocycles. The fraction of sp³-hybridized carbons (Fsp3) is 0.789. The zero-order chi connectivity index (χ0) is 57.9. The molecule has 3 amide bonds. The predicted molar refractivity (Wildman–Crippen MR) is 297 cm³/mol. The lowest BCUT2D eigenvalue weighted by Crippen LogP contribution is -2.38. The van der Waals surface area contributed by atoms with Gasteiger partial charge in [0.25, 0.3) is 0 Å². The molecule has 1 aromatic rings. The van der Waals surface area contributed by atoms with Gasteiger partial charge in [0.1, 0.15) is 42.4 Å². The Kier molecular flexibility index (Phi) is 48.2. The Morgan fingerprint density at radius 2 is 1.12 bits per heavy atom. The Bertz CT molecular complexity index is 1770. The van der Waals surface area contributed by atoms with Gasteiger partial charge in [-0.25, -0.2) is 4.98 Å². The molecule has 0 radical (unpaired) electrons. The number of H-pyrrole nitrogens is 1. The number of aromatic nitrogens is 2. The van der Waals surface area contributed by atoms with Gasteiger partial charge in [-0.2, -0.15) is 0 Å². The second-order valence-electron chi connectivity index (χ2n) is 20.0. The molecule has 78 heavy (non-hydrogen) atoms. The van der Waals surface area contributed by atoms with Gasteiger partial charge in [0.05, 0.1) is 45.4 Å². The van der Waals surface area contributed by atoms with Gasteiger partial charge >= 0.3 is 11.9 Å². The van der Waals surface area contributed by atoms with Crippen molar-refractivity contribution < 1.29 is 72.3 Å². The van der Waals surface area contributed by atoms with Crippen molar-refractivity contribution in [3.63, 3.8) is 0 Å². The smallest absolute Gasteiger partial charge is 0.325 e. The SMILES string of the molecule is CCCC(=O)CCCOCCOCC(=O)NCCOCCOCC(=O)NCCCC[C@H](CCC(=O)[C@@H](N)Cc1cnc[nH]1)C(=O)CCCC(C)=O.C[C@H](NC(=O)CCCCCCCCCCCCCCCCC(=O)O)C(=O)O. The van der Waals surface area contributed by atoms with Crippen molar-refractivity contribution in [1.29, 1.82) is 0 Å². The van der Waals surface area contributed by atoms with Crippen molar-refractivity contribution in [2.45, 2.75) is 219 Å².